The smallest absolute Gasteiger partial charge is 0.254 e. The van der Waals surface area contributed by atoms with Crippen LogP contribution in [0.2, 0.25) is 0 Å². The Morgan fingerprint density at radius 1 is 1.29 bits per heavy atom. The standard InChI is InChI=1S/C12H18N2O3/c1-12(2,3)11(17)8(7-13-4)14-9(15)5-6-10(14)16/h5-6,8,13H,7H2,1-4H3/t8-/m0/s1. The van der Waals surface area contributed by atoms with Crippen LogP contribution in [0.3, 0.4) is 0 Å². The SMILES string of the molecule is CNC[C@@H](C(=O)C(C)(C)C)N1C(=O)C=CC1=O. The van der Waals surface area contributed by atoms with Crippen LogP contribution >= 0.6 is 0 Å². The zero-order chi connectivity index (χ0) is 13.2. The van der Waals surface area contributed by atoms with E-state index in [9.17, 15) is 14.4 Å². The highest BCUT2D eigenvalue weighted by atomic mass is 16.2. The maximum absolute atomic E-state index is 12.2. The van der Waals surface area contributed by atoms with E-state index in [0.29, 0.717) is 0 Å². The number of rotatable bonds is 4. The van der Waals surface area contributed by atoms with Crippen molar-refractivity contribution in [3.63, 3.8) is 0 Å². The van der Waals surface area contributed by atoms with E-state index in [1.54, 1.807) is 27.8 Å². The summed E-state index contributed by atoms with van der Waals surface area (Å²) in [6.07, 6.45) is 2.39. The maximum atomic E-state index is 12.2. The first-order valence-corrected chi connectivity index (χ1v) is 5.53. The number of imide groups is 1. The summed E-state index contributed by atoms with van der Waals surface area (Å²) in [4.78, 5) is 36.4. The van der Waals surface area contributed by atoms with Gasteiger partial charge >= 0.3 is 0 Å². The quantitative estimate of drug-likeness (QED) is 0.706. The van der Waals surface area contributed by atoms with Gasteiger partial charge in [-0.1, -0.05) is 20.8 Å². The highest BCUT2D eigenvalue weighted by molar-refractivity contribution is 6.15. The number of amides is 2. The molecule has 0 aliphatic carbocycles. The molecule has 5 heteroatoms. The molecule has 0 bridgehead atoms. The predicted octanol–water partition coefficient (Wildman–Crippen LogP) is 0.115. The summed E-state index contributed by atoms with van der Waals surface area (Å²) in [5.41, 5.74) is -0.593. The van der Waals surface area contributed by atoms with Gasteiger partial charge in [0.15, 0.2) is 5.78 Å². The number of likely N-dealkylation sites (N-methyl/N-ethyl adjacent to an activating group) is 1. The molecule has 0 saturated heterocycles. The Bertz CT molecular complexity index is 362. The second kappa shape index (κ2) is 4.79. The van der Waals surface area contributed by atoms with Gasteiger partial charge in [0, 0.05) is 24.1 Å². The lowest BCUT2D eigenvalue weighted by molar-refractivity contribution is -0.147. The molecule has 0 aromatic heterocycles. The van der Waals surface area contributed by atoms with Crippen LogP contribution in [0.25, 0.3) is 0 Å². The van der Waals surface area contributed by atoms with E-state index in [-0.39, 0.29) is 12.3 Å². The number of carbonyl (C=O) groups is 3. The fourth-order valence-corrected chi connectivity index (χ4v) is 1.71. The zero-order valence-electron chi connectivity index (χ0n) is 10.6. The molecule has 1 aliphatic rings. The molecule has 1 heterocycles. The Morgan fingerprint density at radius 3 is 2.12 bits per heavy atom. The largest absolute Gasteiger partial charge is 0.317 e. The van der Waals surface area contributed by atoms with Crippen molar-refractivity contribution in [2.24, 2.45) is 5.41 Å². The maximum Gasteiger partial charge on any atom is 0.254 e. The summed E-state index contributed by atoms with van der Waals surface area (Å²) < 4.78 is 0. The lowest BCUT2D eigenvalue weighted by Gasteiger charge is -2.30. The normalized spacial score (nSPS) is 17.8. The van der Waals surface area contributed by atoms with Gasteiger partial charge in [0.2, 0.25) is 0 Å². The molecule has 0 spiro atoms. The van der Waals surface area contributed by atoms with E-state index in [2.05, 4.69) is 5.32 Å². The fraction of sp³-hybridized carbons (Fsp3) is 0.583. The minimum absolute atomic E-state index is 0.128. The first-order valence-electron chi connectivity index (χ1n) is 5.53. The molecule has 0 aromatic rings. The summed E-state index contributed by atoms with van der Waals surface area (Å²) >= 11 is 0. The second-order valence-electron chi connectivity index (χ2n) is 5.07. The topological polar surface area (TPSA) is 66.5 Å². The molecular formula is C12H18N2O3. The van der Waals surface area contributed by atoms with Gasteiger partial charge in [-0.2, -0.15) is 0 Å². The Hall–Kier alpha value is -1.49. The highest BCUT2D eigenvalue weighted by Crippen LogP contribution is 2.21. The summed E-state index contributed by atoms with van der Waals surface area (Å²) in [5, 5.41) is 2.84. The van der Waals surface area contributed by atoms with Crippen LogP contribution in [-0.4, -0.2) is 42.1 Å². The molecule has 5 nitrogen and oxygen atoms in total. The monoisotopic (exact) mass is 238 g/mol. The minimum atomic E-state index is -0.741. The molecule has 1 aliphatic heterocycles. The molecule has 0 fully saturated rings. The van der Waals surface area contributed by atoms with E-state index in [1.807, 2.05) is 0 Å². The third-order valence-electron chi connectivity index (χ3n) is 2.59. The lowest BCUT2D eigenvalue weighted by Crippen LogP contribution is -2.53. The first kappa shape index (κ1) is 13.6. The summed E-state index contributed by atoms with van der Waals surface area (Å²) in [7, 11) is 1.68. The highest BCUT2D eigenvalue weighted by Gasteiger charge is 2.39. The number of Topliss-reactive ketones (excluding diaryl/α,β-unsaturated/α-hetero) is 1. The second-order valence-corrected chi connectivity index (χ2v) is 5.07. The van der Waals surface area contributed by atoms with E-state index in [0.717, 1.165) is 4.90 Å². The van der Waals surface area contributed by atoms with Crippen molar-refractivity contribution < 1.29 is 14.4 Å². The van der Waals surface area contributed by atoms with Crippen LogP contribution < -0.4 is 5.32 Å². The van der Waals surface area contributed by atoms with Crippen molar-refractivity contribution in [1.82, 2.24) is 10.2 Å². The van der Waals surface area contributed by atoms with E-state index < -0.39 is 23.3 Å². The van der Waals surface area contributed by atoms with Crippen molar-refractivity contribution in [2.75, 3.05) is 13.6 Å². The number of nitrogens with one attached hydrogen (secondary N) is 1. The van der Waals surface area contributed by atoms with Crippen LogP contribution in [0, 0.1) is 5.41 Å². The Labute approximate surface area is 101 Å². The summed E-state index contributed by atoms with van der Waals surface area (Å²) in [5.74, 6) is -0.974. The van der Waals surface area contributed by atoms with Crippen LogP contribution in [-0.2, 0) is 14.4 Å². The van der Waals surface area contributed by atoms with Crippen molar-refractivity contribution in [1.29, 1.82) is 0 Å². The zero-order valence-corrected chi connectivity index (χ0v) is 10.6. The van der Waals surface area contributed by atoms with Gasteiger partial charge in [0.25, 0.3) is 11.8 Å². The van der Waals surface area contributed by atoms with E-state index in [4.69, 9.17) is 0 Å². The van der Waals surface area contributed by atoms with Crippen LogP contribution in [0.1, 0.15) is 20.8 Å². The van der Waals surface area contributed by atoms with Crippen molar-refractivity contribution >= 4 is 17.6 Å². The van der Waals surface area contributed by atoms with Gasteiger partial charge in [0.05, 0.1) is 0 Å². The predicted molar refractivity (Wildman–Crippen MR) is 63.2 cm³/mol. The number of hydrogen-bond donors (Lipinski definition) is 1. The lowest BCUT2D eigenvalue weighted by atomic mass is 9.85. The first-order chi connectivity index (χ1) is 7.79. The number of ketones is 1. The van der Waals surface area contributed by atoms with Gasteiger partial charge in [-0.05, 0) is 7.05 Å². The number of carbonyl (C=O) groups excluding carboxylic acids is 3. The Kier molecular flexibility index (Phi) is 3.83. The van der Waals surface area contributed by atoms with Gasteiger partial charge in [-0.25, -0.2) is 0 Å². The molecule has 1 atom stereocenters. The molecule has 0 radical (unpaired) electrons. The summed E-state index contributed by atoms with van der Waals surface area (Å²) in [6.45, 7) is 5.60. The molecule has 0 saturated carbocycles. The summed E-state index contributed by atoms with van der Waals surface area (Å²) in [6, 6.07) is -0.741. The minimum Gasteiger partial charge on any atom is -0.317 e. The van der Waals surface area contributed by atoms with Crippen molar-refractivity contribution in [3.8, 4) is 0 Å². The van der Waals surface area contributed by atoms with Gasteiger partial charge < -0.3 is 5.32 Å². The Balaban J connectivity index is 2.98. The number of hydrogen-bond acceptors (Lipinski definition) is 4. The molecular weight excluding hydrogens is 220 g/mol. The van der Waals surface area contributed by atoms with Crippen molar-refractivity contribution in [3.05, 3.63) is 12.2 Å². The van der Waals surface area contributed by atoms with Crippen LogP contribution in [0.5, 0.6) is 0 Å². The van der Waals surface area contributed by atoms with Crippen LogP contribution in [0.15, 0.2) is 12.2 Å². The Morgan fingerprint density at radius 2 is 1.76 bits per heavy atom. The van der Waals surface area contributed by atoms with Gasteiger partial charge in [-0.15, -0.1) is 0 Å². The molecule has 0 unspecified atom stereocenters. The average Bonchev–Trinajstić information content (AvgIpc) is 2.53. The fourth-order valence-electron chi connectivity index (χ4n) is 1.71. The molecule has 2 amide bonds. The molecule has 94 valence electrons. The van der Waals surface area contributed by atoms with Crippen LogP contribution in [0.4, 0.5) is 0 Å². The van der Waals surface area contributed by atoms with E-state index >= 15 is 0 Å². The third kappa shape index (κ3) is 2.79. The average molecular weight is 238 g/mol. The van der Waals surface area contributed by atoms with Gasteiger partial charge in [-0.3, -0.25) is 19.3 Å². The van der Waals surface area contributed by atoms with Crippen molar-refractivity contribution in [2.45, 2.75) is 26.8 Å². The number of nitrogens with zero attached hydrogens (tertiary/aromatic N) is 1. The molecule has 17 heavy (non-hydrogen) atoms. The van der Waals surface area contributed by atoms with Gasteiger partial charge in [0.1, 0.15) is 6.04 Å². The van der Waals surface area contributed by atoms with E-state index in [1.165, 1.54) is 12.2 Å². The third-order valence-corrected chi connectivity index (χ3v) is 2.59. The molecule has 1 N–H and O–H groups in total. The molecule has 1 rings (SSSR count). The molecule has 0 aromatic carbocycles.